The van der Waals surface area contributed by atoms with Gasteiger partial charge in [-0.3, -0.25) is 0 Å². The minimum Gasteiger partial charge on any atom is -0.495 e. The summed E-state index contributed by atoms with van der Waals surface area (Å²) in [7, 11) is 1.56. The molecule has 0 unspecified atom stereocenters. The van der Waals surface area contributed by atoms with Crippen molar-refractivity contribution in [2.45, 2.75) is 18.9 Å². The highest BCUT2D eigenvalue weighted by atomic mass is 35.5. The van der Waals surface area contributed by atoms with Gasteiger partial charge in [-0.15, -0.1) is 0 Å². The van der Waals surface area contributed by atoms with Gasteiger partial charge in [0.05, 0.1) is 12.1 Å². The molecule has 1 atom stereocenters. The van der Waals surface area contributed by atoms with Crippen molar-refractivity contribution in [2.24, 2.45) is 0 Å². The molecule has 0 bridgehead atoms. The van der Waals surface area contributed by atoms with E-state index < -0.39 is 0 Å². The lowest BCUT2D eigenvalue weighted by molar-refractivity contribution is 0.171. The average molecular weight is 418 g/mol. The number of urea groups is 1. The molecule has 0 radical (unpaired) electrons. The predicted molar refractivity (Wildman–Crippen MR) is 113 cm³/mol. The predicted octanol–water partition coefficient (Wildman–Crippen LogP) is 4.23. The molecule has 8 heteroatoms. The number of amides is 2. The number of carbonyl (C=O) groups is 1. The highest BCUT2D eigenvalue weighted by Gasteiger charge is 2.24. The van der Waals surface area contributed by atoms with Gasteiger partial charge in [-0.1, -0.05) is 11.6 Å². The highest BCUT2D eigenvalue weighted by Crippen LogP contribution is 2.33. The van der Waals surface area contributed by atoms with Gasteiger partial charge in [-0.05, 0) is 43.2 Å². The van der Waals surface area contributed by atoms with Gasteiger partial charge in [0.2, 0.25) is 0 Å². The topological polar surface area (TPSA) is 72.1 Å². The third kappa shape index (κ3) is 4.62. The first-order valence-corrected chi connectivity index (χ1v) is 10.1. The second-order valence-corrected chi connectivity index (χ2v) is 7.47. The first kappa shape index (κ1) is 19.5. The molecule has 1 saturated heterocycles. The van der Waals surface area contributed by atoms with Crippen molar-refractivity contribution in [1.29, 1.82) is 0 Å². The molecule has 154 valence electrons. The summed E-state index contributed by atoms with van der Waals surface area (Å²) in [5.74, 6) is 2.10. The molecular formula is C21H24ClN3O4. The number of fused-ring (bicyclic) bond motifs is 1. The van der Waals surface area contributed by atoms with Crippen LogP contribution in [-0.4, -0.2) is 50.4 Å². The molecule has 2 aliphatic rings. The Morgan fingerprint density at radius 3 is 2.72 bits per heavy atom. The summed E-state index contributed by atoms with van der Waals surface area (Å²) >= 11 is 6.14. The van der Waals surface area contributed by atoms with Crippen LogP contribution < -0.4 is 24.8 Å². The number of ether oxygens (including phenoxy) is 3. The van der Waals surface area contributed by atoms with E-state index in [9.17, 15) is 4.79 Å². The number of piperidine rings is 1. The molecule has 0 aromatic heterocycles. The fraction of sp³-hybridized carbons (Fsp3) is 0.381. The van der Waals surface area contributed by atoms with Gasteiger partial charge in [0.25, 0.3) is 0 Å². The Labute approximate surface area is 174 Å². The summed E-state index contributed by atoms with van der Waals surface area (Å²) in [4.78, 5) is 14.5. The largest absolute Gasteiger partial charge is 0.495 e. The van der Waals surface area contributed by atoms with Crippen molar-refractivity contribution >= 4 is 29.0 Å². The fourth-order valence-electron chi connectivity index (χ4n) is 3.59. The zero-order valence-corrected chi connectivity index (χ0v) is 17.0. The Balaban J connectivity index is 1.36. The minimum atomic E-state index is -0.139. The Morgan fingerprint density at radius 2 is 1.93 bits per heavy atom. The van der Waals surface area contributed by atoms with Crippen LogP contribution in [0.4, 0.5) is 16.2 Å². The van der Waals surface area contributed by atoms with E-state index in [0.29, 0.717) is 36.2 Å². The van der Waals surface area contributed by atoms with E-state index in [1.54, 1.807) is 25.3 Å². The zero-order valence-electron chi connectivity index (χ0n) is 16.2. The van der Waals surface area contributed by atoms with Gasteiger partial charge in [0, 0.05) is 36.6 Å². The molecule has 2 heterocycles. The Bertz CT molecular complexity index is 892. The molecule has 2 aliphatic heterocycles. The van der Waals surface area contributed by atoms with E-state index in [4.69, 9.17) is 25.8 Å². The van der Waals surface area contributed by atoms with Crippen LogP contribution in [0.1, 0.15) is 12.8 Å². The molecule has 4 rings (SSSR count). The third-order valence-electron chi connectivity index (χ3n) is 5.02. The first-order chi connectivity index (χ1) is 14.1. The monoisotopic (exact) mass is 417 g/mol. The van der Waals surface area contributed by atoms with Crippen LogP contribution in [0.25, 0.3) is 0 Å². The van der Waals surface area contributed by atoms with Gasteiger partial charge in [-0.2, -0.15) is 0 Å². The number of hydrogen-bond donors (Lipinski definition) is 2. The minimum absolute atomic E-state index is 0.139. The number of carbonyl (C=O) groups excluding carboxylic acids is 1. The van der Waals surface area contributed by atoms with Crippen molar-refractivity contribution < 1.29 is 19.0 Å². The normalized spacial score (nSPS) is 18.1. The number of rotatable bonds is 4. The van der Waals surface area contributed by atoms with Gasteiger partial charge < -0.3 is 29.7 Å². The van der Waals surface area contributed by atoms with Gasteiger partial charge in [0.1, 0.15) is 19.0 Å². The van der Waals surface area contributed by atoms with Gasteiger partial charge in [-0.25, -0.2) is 4.79 Å². The number of anilines is 2. The number of benzene rings is 2. The molecule has 2 aromatic rings. The van der Waals surface area contributed by atoms with E-state index in [2.05, 4.69) is 10.6 Å². The van der Waals surface area contributed by atoms with E-state index in [-0.39, 0.29) is 12.1 Å². The molecule has 2 amide bonds. The van der Waals surface area contributed by atoms with E-state index in [0.717, 1.165) is 36.6 Å². The second kappa shape index (κ2) is 8.69. The van der Waals surface area contributed by atoms with Crippen LogP contribution >= 0.6 is 11.6 Å². The van der Waals surface area contributed by atoms with Crippen LogP contribution in [0.2, 0.25) is 5.02 Å². The SMILES string of the molecule is COc1ccc(NC(=O)N2CCC[C@@H](Nc3ccc4c(c3)OCCO4)C2)cc1Cl. The number of halogens is 1. The Kier molecular flexibility index (Phi) is 5.85. The van der Waals surface area contributed by atoms with Crippen molar-refractivity contribution in [1.82, 2.24) is 4.90 Å². The van der Waals surface area contributed by atoms with Crippen LogP contribution in [0, 0.1) is 0 Å². The van der Waals surface area contributed by atoms with Crippen LogP contribution in [0.5, 0.6) is 17.2 Å². The summed E-state index contributed by atoms with van der Waals surface area (Å²) in [6, 6.07) is 11.1. The Morgan fingerprint density at radius 1 is 1.14 bits per heavy atom. The molecule has 0 aliphatic carbocycles. The maximum atomic E-state index is 12.7. The molecule has 29 heavy (non-hydrogen) atoms. The molecule has 7 nitrogen and oxygen atoms in total. The molecule has 0 spiro atoms. The van der Waals surface area contributed by atoms with E-state index in [1.807, 2.05) is 23.1 Å². The van der Waals surface area contributed by atoms with Crippen molar-refractivity contribution in [3.8, 4) is 17.2 Å². The molecule has 0 saturated carbocycles. The summed E-state index contributed by atoms with van der Waals surface area (Å²) < 4.78 is 16.4. The number of methoxy groups -OCH3 is 1. The number of hydrogen-bond acceptors (Lipinski definition) is 5. The first-order valence-electron chi connectivity index (χ1n) is 9.68. The smallest absolute Gasteiger partial charge is 0.321 e. The fourth-order valence-corrected chi connectivity index (χ4v) is 3.85. The Hall–Kier alpha value is -2.80. The molecule has 1 fully saturated rings. The van der Waals surface area contributed by atoms with Gasteiger partial charge in [0.15, 0.2) is 11.5 Å². The van der Waals surface area contributed by atoms with Crippen molar-refractivity contribution in [2.75, 3.05) is 44.0 Å². The molecular weight excluding hydrogens is 394 g/mol. The zero-order chi connectivity index (χ0) is 20.2. The lowest BCUT2D eigenvalue weighted by Gasteiger charge is -2.34. The molecule has 2 aromatic carbocycles. The summed E-state index contributed by atoms with van der Waals surface area (Å²) in [6.45, 7) is 2.47. The number of nitrogens with one attached hydrogen (secondary N) is 2. The second-order valence-electron chi connectivity index (χ2n) is 7.07. The van der Waals surface area contributed by atoms with Gasteiger partial charge >= 0.3 is 6.03 Å². The van der Waals surface area contributed by atoms with Crippen LogP contribution in [-0.2, 0) is 0 Å². The average Bonchev–Trinajstić information content (AvgIpc) is 2.74. The van der Waals surface area contributed by atoms with Crippen LogP contribution in [0.3, 0.4) is 0 Å². The van der Waals surface area contributed by atoms with E-state index in [1.165, 1.54) is 0 Å². The third-order valence-corrected chi connectivity index (χ3v) is 5.32. The highest BCUT2D eigenvalue weighted by molar-refractivity contribution is 6.32. The lowest BCUT2D eigenvalue weighted by Crippen LogP contribution is -2.46. The maximum Gasteiger partial charge on any atom is 0.321 e. The maximum absolute atomic E-state index is 12.7. The summed E-state index contributed by atoms with van der Waals surface area (Å²) in [6.07, 6.45) is 1.92. The standard InChI is InChI=1S/C21H24ClN3O4/c1-27-18-6-4-14(11-17(18)22)24-21(26)25-8-2-3-16(13-25)23-15-5-7-19-20(12-15)29-10-9-28-19/h4-7,11-12,16,23H,2-3,8-10,13H2,1H3,(H,24,26)/t16-/m1/s1. The van der Waals surface area contributed by atoms with E-state index >= 15 is 0 Å². The number of nitrogens with zero attached hydrogens (tertiary/aromatic N) is 1. The van der Waals surface area contributed by atoms with Crippen LogP contribution in [0.15, 0.2) is 36.4 Å². The quantitative estimate of drug-likeness (QED) is 0.779. The van der Waals surface area contributed by atoms with Crippen molar-refractivity contribution in [3.63, 3.8) is 0 Å². The lowest BCUT2D eigenvalue weighted by atomic mass is 10.1. The number of likely N-dealkylation sites (tertiary alicyclic amines) is 1. The van der Waals surface area contributed by atoms with Crippen molar-refractivity contribution in [3.05, 3.63) is 41.4 Å². The summed E-state index contributed by atoms with van der Waals surface area (Å²) in [5.41, 5.74) is 1.60. The molecule has 2 N–H and O–H groups in total. The summed E-state index contributed by atoms with van der Waals surface area (Å²) in [5, 5.41) is 6.88.